The molecular weight excluding hydrogens is 371 g/mol. The molecule has 1 N–H and O–H groups in total. The second-order valence-electron chi connectivity index (χ2n) is 6.33. The number of piperidine rings is 1. The van der Waals surface area contributed by atoms with Crippen molar-refractivity contribution >= 4 is 34.3 Å². The zero-order valence-corrected chi connectivity index (χ0v) is 15.3. The minimum absolute atomic E-state index is 0.392. The fourth-order valence-electron chi connectivity index (χ4n) is 2.93. The average molecular weight is 390 g/mol. The van der Waals surface area contributed by atoms with E-state index in [1.165, 1.54) is 17.4 Å². The summed E-state index contributed by atoms with van der Waals surface area (Å²) in [5.41, 5.74) is 0.663. The lowest BCUT2D eigenvalue weighted by atomic mass is 9.98. The van der Waals surface area contributed by atoms with Crippen LogP contribution in [0.15, 0.2) is 24.4 Å². The van der Waals surface area contributed by atoms with E-state index in [4.69, 9.17) is 11.6 Å². The van der Waals surface area contributed by atoms with Gasteiger partial charge in [-0.15, -0.1) is 11.3 Å². The molecule has 1 aliphatic heterocycles. The van der Waals surface area contributed by atoms with Gasteiger partial charge in [0.2, 0.25) is 0 Å². The molecule has 2 aromatic rings. The highest BCUT2D eigenvalue weighted by Crippen LogP contribution is 2.37. The van der Waals surface area contributed by atoms with Crippen molar-refractivity contribution in [2.24, 2.45) is 5.92 Å². The topological polar surface area (TPSA) is 28.2 Å². The van der Waals surface area contributed by atoms with Gasteiger partial charge in [0.15, 0.2) is 4.47 Å². The molecule has 0 atom stereocenters. The summed E-state index contributed by atoms with van der Waals surface area (Å²) < 4.78 is 39.7. The number of aromatic nitrogens is 1. The number of nitrogens with one attached hydrogen (secondary N) is 1. The van der Waals surface area contributed by atoms with Crippen LogP contribution in [-0.4, -0.2) is 18.1 Å². The molecule has 8 heteroatoms. The van der Waals surface area contributed by atoms with Crippen LogP contribution in [0.5, 0.6) is 0 Å². The third-order valence-electron chi connectivity index (χ3n) is 4.43. The van der Waals surface area contributed by atoms with Gasteiger partial charge >= 0.3 is 6.18 Å². The van der Waals surface area contributed by atoms with E-state index in [0.717, 1.165) is 42.6 Å². The van der Waals surface area contributed by atoms with Gasteiger partial charge in [0.1, 0.15) is 0 Å². The molecule has 0 bridgehead atoms. The minimum atomic E-state index is -4.36. The first-order valence-corrected chi connectivity index (χ1v) is 9.32. The summed E-state index contributed by atoms with van der Waals surface area (Å²) in [7, 11) is 0. The van der Waals surface area contributed by atoms with E-state index in [0.29, 0.717) is 22.6 Å². The first-order valence-electron chi connectivity index (χ1n) is 8.13. The highest BCUT2D eigenvalue weighted by atomic mass is 35.5. The Morgan fingerprint density at radius 3 is 2.64 bits per heavy atom. The molecule has 1 fully saturated rings. The van der Waals surface area contributed by atoms with Gasteiger partial charge in [-0.25, -0.2) is 4.98 Å². The van der Waals surface area contributed by atoms with E-state index in [9.17, 15) is 13.2 Å². The van der Waals surface area contributed by atoms with Crippen molar-refractivity contribution in [1.29, 1.82) is 0 Å². The summed E-state index contributed by atoms with van der Waals surface area (Å²) in [5, 5.41) is 3.13. The zero-order chi connectivity index (χ0) is 18.0. The number of alkyl halides is 3. The first kappa shape index (κ1) is 18.3. The molecule has 0 radical (unpaired) electrons. The van der Waals surface area contributed by atoms with Crippen LogP contribution in [0.2, 0.25) is 4.47 Å². The van der Waals surface area contributed by atoms with Crippen molar-refractivity contribution in [1.82, 2.24) is 4.98 Å². The highest BCUT2D eigenvalue weighted by Gasteiger charge is 2.31. The van der Waals surface area contributed by atoms with Crippen LogP contribution in [0.25, 0.3) is 0 Å². The van der Waals surface area contributed by atoms with Crippen molar-refractivity contribution in [3.63, 3.8) is 0 Å². The maximum absolute atomic E-state index is 13.1. The third kappa shape index (κ3) is 4.58. The van der Waals surface area contributed by atoms with Crippen LogP contribution in [0.4, 0.5) is 24.5 Å². The second kappa shape index (κ2) is 7.41. The van der Waals surface area contributed by atoms with Crippen molar-refractivity contribution in [3.05, 3.63) is 39.3 Å². The second-order valence-corrected chi connectivity index (χ2v) is 8.03. The molecule has 0 unspecified atom stereocenters. The lowest BCUT2D eigenvalue weighted by Crippen LogP contribution is -2.33. The molecule has 136 valence electrons. The maximum atomic E-state index is 13.1. The molecule has 1 aliphatic rings. The molecule has 3 nitrogen and oxygen atoms in total. The predicted molar refractivity (Wildman–Crippen MR) is 96.5 cm³/mol. The Morgan fingerprint density at radius 2 is 2.04 bits per heavy atom. The van der Waals surface area contributed by atoms with Gasteiger partial charge in [-0.05, 0) is 37.0 Å². The Morgan fingerprint density at radius 1 is 1.32 bits per heavy atom. The average Bonchev–Trinajstić information content (AvgIpc) is 2.98. The first-order chi connectivity index (χ1) is 11.8. The molecule has 0 aliphatic carbocycles. The quantitative estimate of drug-likeness (QED) is 0.730. The number of rotatable bonds is 4. The van der Waals surface area contributed by atoms with E-state index in [1.807, 2.05) is 0 Å². The lowest BCUT2D eigenvalue weighted by Gasteiger charge is -2.33. The standard InChI is InChI=1S/C17H19ClF3N3S/c1-11-4-6-24(7-5-11)15-3-2-12(17(19,20)21)8-14(15)22-9-13-10-23-16(18)25-13/h2-3,8,10-11,22H,4-7,9H2,1H3. The van der Waals surface area contributed by atoms with E-state index in [1.54, 1.807) is 12.3 Å². The van der Waals surface area contributed by atoms with Crippen molar-refractivity contribution in [2.45, 2.75) is 32.5 Å². The number of anilines is 2. The number of halogens is 4. The predicted octanol–water partition coefficient (Wildman–Crippen LogP) is 5.66. The minimum Gasteiger partial charge on any atom is -0.378 e. The van der Waals surface area contributed by atoms with Crippen LogP contribution in [0, 0.1) is 5.92 Å². The molecule has 2 heterocycles. The molecule has 0 saturated carbocycles. The number of hydrogen-bond acceptors (Lipinski definition) is 4. The summed E-state index contributed by atoms with van der Waals surface area (Å²) in [6, 6.07) is 3.92. The van der Waals surface area contributed by atoms with Gasteiger partial charge in [0.05, 0.1) is 23.5 Å². The Hall–Kier alpha value is -1.47. The maximum Gasteiger partial charge on any atom is 0.416 e. The van der Waals surface area contributed by atoms with E-state index in [-0.39, 0.29) is 0 Å². The summed E-state index contributed by atoms with van der Waals surface area (Å²) in [5.74, 6) is 0.654. The van der Waals surface area contributed by atoms with Gasteiger partial charge in [0.25, 0.3) is 0 Å². The molecule has 1 saturated heterocycles. The summed E-state index contributed by atoms with van der Waals surface area (Å²) in [6.45, 7) is 4.31. The van der Waals surface area contributed by atoms with E-state index >= 15 is 0 Å². The fourth-order valence-corrected chi connectivity index (χ4v) is 3.84. The van der Waals surface area contributed by atoms with E-state index in [2.05, 4.69) is 22.1 Å². The van der Waals surface area contributed by atoms with Gasteiger partial charge < -0.3 is 10.2 Å². The lowest BCUT2D eigenvalue weighted by molar-refractivity contribution is -0.137. The Balaban J connectivity index is 1.85. The monoisotopic (exact) mass is 389 g/mol. The van der Waals surface area contributed by atoms with Crippen molar-refractivity contribution in [3.8, 4) is 0 Å². The summed E-state index contributed by atoms with van der Waals surface area (Å²) in [4.78, 5) is 6.99. The summed E-state index contributed by atoms with van der Waals surface area (Å²) in [6.07, 6.45) is -0.634. The molecule has 0 amide bonds. The SMILES string of the molecule is CC1CCN(c2ccc(C(F)(F)F)cc2NCc2cnc(Cl)s2)CC1. The third-order valence-corrected chi connectivity index (χ3v) is 5.54. The largest absolute Gasteiger partial charge is 0.416 e. The van der Waals surface area contributed by atoms with Crippen molar-refractivity contribution in [2.75, 3.05) is 23.3 Å². The number of thiazole rings is 1. The molecule has 1 aromatic carbocycles. The Labute approximate surface area is 153 Å². The Kier molecular flexibility index (Phi) is 5.43. The van der Waals surface area contributed by atoms with Gasteiger partial charge in [0, 0.05) is 24.2 Å². The molecule has 0 spiro atoms. The smallest absolute Gasteiger partial charge is 0.378 e. The number of benzene rings is 1. The van der Waals surface area contributed by atoms with Crippen LogP contribution in [-0.2, 0) is 12.7 Å². The zero-order valence-electron chi connectivity index (χ0n) is 13.7. The highest BCUT2D eigenvalue weighted by molar-refractivity contribution is 7.15. The van der Waals surface area contributed by atoms with Gasteiger partial charge in [-0.1, -0.05) is 18.5 Å². The molecule has 3 rings (SSSR count). The van der Waals surface area contributed by atoms with Crippen LogP contribution >= 0.6 is 22.9 Å². The molecule has 25 heavy (non-hydrogen) atoms. The van der Waals surface area contributed by atoms with Gasteiger partial charge in [-0.2, -0.15) is 13.2 Å². The number of nitrogens with zero attached hydrogens (tertiary/aromatic N) is 2. The van der Waals surface area contributed by atoms with Crippen molar-refractivity contribution < 1.29 is 13.2 Å². The van der Waals surface area contributed by atoms with Crippen LogP contribution in [0.3, 0.4) is 0 Å². The normalized spacial score (nSPS) is 16.3. The van der Waals surface area contributed by atoms with Gasteiger partial charge in [-0.3, -0.25) is 0 Å². The van der Waals surface area contributed by atoms with Crippen LogP contribution in [0.1, 0.15) is 30.2 Å². The van der Waals surface area contributed by atoms with E-state index < -0.39 is 11.7 Å². The number of hydrogen-bond donors (Lipinski definition) is 1. The Bertz CT molecular complexity index is 724. The molecule has 1 aromatic heterocycles. The fraction of sp³-hybridized carbons (Fsp3) is 0.471. The molecular formula is C17H19ClF3N3S. The summed E-state index contributed by atoms with van der Waals surface area (Å²) >= 11 is 7.13. The van der Waals surface area contributed by atoms with Crippen LogP contribution < -0.4 is 10.2 Å².